The minimum absolute atomic E-state index is 0.0998. The van der Waals surface area contributed by atoms with Gasteiger partial charge in [-0.2, -0.15) is 0 Å². The molecule has 4 heteroatoms. The maximum absolute atomic E-state index is 5.19. The molecule has 0 amide bonds. The van der Waals surface area contributed by atoms with E-state index in [0.717, 1.165) is 10.7 Å². The Hall–Kier alpha value is -0.450. The summed E-state index contributed by atoms with van der Waals surface area (Å²) < 4.78 is 5.19. The fourth-order valence-electron chi connectivity index (χ4n) is 0.935. The smallest absolute Gasteiger partial charge is 0.122 e. The van der Waals surface area contributed by atoms with E-state index in [1.54, 1.807) is 18.4 Å². The van der Waals surface area contributed by atoms with E-state index in [1.807, 2.05) is 14.0 Å². The van der Waals surface area contributed by atoms with Crippen LogP contribution in [0.3, 0.4) is 0 Å². The number of thiazole rings is 1. The van der Waals surface area contributed by atoms with Gasteiger partial charge in [-0.15, -0.1) is 11.3 Å². The van der Waals surface area contributed by atoms with Crippen LogP contribution < -0.4 is 5.32 Å². The first-order chi connectivity index (χ1) is 6.19. The molecule has 0 radical (unpaired) electrons. The molecule has 13 heavy (non-hydrogen) atoms. The Kier molecular flexibility index (Phi) is 3.84. The molecule has 2 unspecified atom stereocenters. The van der Waals surface area contributed by atoms with Crippen molar-refractivity contribution < 1.29 is 4.74 Å². The second-order valence-electron chi connectivity index (χ2n) is 3.00. The molecule has 1 aromatic rings. The van der Waals surface area contributed by atoms with Crippen LogP contribution in [-0.4, -0.2) is 19.1 Å². The van der Waals surface area contributed by atoms with Crippen molar-refractivity contribution in [3.8, 4) is 0 Å². The van der Waals surface area contributed by atoms with E-state index in [4.69, 9.17) is 4.74 Å². The number of nitrogens with zero attached hydrogens (tertiary/aromatic N) is 1. The summed E-state index contributed by atoms with van der Waals surface area (Å²) in [5.74, 6) is 0. The zero-order chi connectivity index (χ0) is 9.84. The molecular weight excluding hydrogens is 184 g/mol. The summed E-state index contributed by atoms with van der Waals surface area (Å²) in [6, 6.07) is 0.314. The Morgan fingerprint density at radius 1 is 1.54 bits per heavy atom. The molecule has 1 rings (SSSR count). The summed E-state index contributed by atoms with van der Waals surface area (Å²) in [5.41, 5.74) is 1.09. The van der Waals surface area contributed by atoms with Crippen molar-refractivity contribution in [2.45, 2.75) is 26.0 Å². The summed E-state index contributed by atoms with van der Waals surface area (Å²) in [6.45, 7) is 4.10. The highest BCUT2D eigenvalue weighted by molar-refractivity contribution is 7.09. The van der Waals surface area contributed by atoms with Crippen molar-refractivity contribution in [3.05, 3.63) is 16.1 Å². The number of nitrogens with one attached hydrogen (secondary N) is 1. The van der Waals surface area contributed by atoms with Gasteiger partial charge in [0.2, 0.25) is 0 Å². The van der Waals surface area contributed by atoms with Crippen LogP contribution in [0.1, 0.15) is 36.7 Å². The molecule has 0 aromatic carbocycles. The SMILES string of the molecule is CNC(C)c1csc(C(C)OC)n1. The van der Waals surface area contributed by atoms with Crippen molar-refractivity contribution >= 4 is 11.3 Å². The van der Waals surface area contributed by atoms with Crippen LogP contribution in [0.25, 0.3) is 0 Å². The second kappa shape index (κ2) is 4.69. The Balaban J connectivity index is 2.74. The van der Waals surface area contributed by atoms with Crippen LogP contribution in [0.15, 0.2) is 5.38 Å². The van der Waals surface area contributed by atoms with Gasteiger partial charge in [-0.1, -0.05) is 0 Å². The van der Waals surface area contributed by atoms with Crippen molar-refractivity contribution in [2.24, 2.45) is 0 Å². The highest BCUT2D eigenvalue weighted by Crippen LogP contribution is 2.23. The normalized spacial score (nSPS) is 15.7. The molecule has 1 aromatic heterocycles. The van der Waals surface area contributed by atoms with Gasteiger partial charge >= 0.3 is 0 Å². The summed E-state index contributed by atoms with van der Waals surface area (Å²) >= 11 is 1.65. The van der Waals surface area contributed by atoms with Crippen LogP contribution in [0, 0.1) is 0 Å². The minimum Gasteiger partial charge on any atom is -0.375 e. The van der Waals surface area contributed by atoms with E-state index in [1.165, 1.54) is 0 Å². The zero-order valence-corrected chi connectivity index (χ0v) is 9.31. The monoisotopic (exact) mass is 200 g/mol. The lowest BCUT2D eigenvalue weighted by atomic mass is 10.3. The van der Waals surface area contributed by atoms with Crippen LogP contribution >= 0.6 is 11.3 Å². The minimum atomic E-state index is 0.0998. The second-order valence-corrected chi connectivity index (χ2v) is 3.89. The van der Waals surface area contributed by atoms with Gasteiger partial charge < -0.3 is 10.1 Å². The van der Waals surface area contributed by atoms with Gasteiger partial charge in [0, 0.05) is 18.5 Å². The molecule has 1 N–H and O–H groups in total. The summed E-state index contributed by atoms with van der Waals surface area (Å²) in [5, 5.41) is 6.27. The molecule has 0 aliphatic carbocycles. The highest BCUT2D eigenvalue weighted by atomic mass is 32.1. The van der Waals surface area contributed by atoms with Gasteiger partial charge in [-0.3, -0.25) is 0 Å². The third kappa shape index (κ3) is 2.49. The van der Waals surface area contributed by atoms with E-state index >= 15 is 0 Å². The van der Waals surface area contributed by atoms with Gasteiger partial charge in [0.05, 0.1) is 5.69 Å². The fraction of sp³-hybridized carbons (Fsp3) is 0.667. The van der Waals surface area contributed by atoms with E-state index in [2.05, 4.69) is 22.6 Å². The molecule has 0 fully saturated rings. The van der Waals surface area contributed by atoms with Crippen LogP contribution in [0.4, 0.5) is 0 Å². The quantitative estimate of drug-likeness (QED) is 0.808. The average molecular weight is 200 g/mol. The number of methoxy groups -OCH3 is 1. The fourth-order valence-corrected chi connectivity index (χ4v) is 1.88. The van der Waals surface area contributed by atoms with Gasteiger partial charge in [0.1, 0.15) is 11.1 Å². The summed E-state index contributed by atoms with van der Waals surface area (Å²) in [6.07, 6.45) is 0.0998. The average Bonchev–Trinajstić information content (AvgIpc) is 2.64. The molecule has 3 nitrogen and oxygen atoms in total. The number of aromatic nitrogens is 1. The zero-order valence-electron chi connectivity index (χ0n) is 8.50. The van der Waals surface area contributed by atoms with E-state index in [-0.39, 0.29) is 6.10 Å². The molecule has 2 atom stereocenters. The maximum atomic E-state index is 5.19. The standard InChI is InChI=1S/C9H16N2OS/c1-6(10-3)8-5-13-9(11-8)7(2)12-4/h5-7,10H,1-4H3. The molecule has 0 saturated heterocycles. The topological polar surface area (TPSA) is 34.1 Å². The Morgan fingerprint density at radius 2 is 2.23 bits per heavy atom. The first kappa shape index (κ1) is 10.6. The predicted molar refractivity (Wildman–Crippen MR) is 55.0 cm³/mol. The van der Waals surface area contributed by atoms with Gasteiger partial charge in [0.25, 0.3) is 0 Å². The number of hydrogen-bond acceptors (Lipinski definition) is 4. The van der Waals surface area contributed by atoms with Crippen LogP contribution in [-0.2, 0) is 4.74 Å². The van der Waals surface area contributed by atoms with Crippen LogP contribution in [0.2, 0.25) is 0 Å². The van der Waals surface area contributed by atoms with E-state index in [9.17, 15) is 0 Å². The van der Waals surface area contributed by atoms with Crippen molar-refractivity contribution in [3.63, 3.8) is 0 Å². The lowest BCUT2D eigenvalue weighted by molar-refractivity contribution is 0.119. The maximum Gasteiger partial charge on any atom is 0.122 e. The van der Waals surface area contributed by atoms with Crippen molar-refractivity contribution in [1.82, 2.24) is 10.3 Å². The lowest BCUT2D eigenvalue weighted by Gasteiger charge is -2.06. The van der Waals surface area contributed by atoms with Gasteiger partial charge in [-0.05, 0) is 20.9 Å². The highest BCUT2D eigenvalue weighted by Gasteiger charge is 2.11. The first-order valence-corrected chi connectivity index (χ1v) is 5.22. The molecule has 74 valence electrons. The van der Waals surface area contributed by atoms with Gasteiger partial charge in [0.15, 0.2) is 0 Å². The molecule has 0 bridgehead atoms. The van der Waals surface area contributed by atoms with Gasteiger partial charge in [-0.25, -0.2) is 4.98 Å². The lowest BCUT2D eigenvalue weighted by Crippen LogP contribution is -2.12. The van der Waals surface area contributed by atoms with Crippen molar-refractivity contribution in [1.29, 1.82) is 0 Å². The molecular formula is C9H16N2OS. The Bertz CT molecular complexity index is 237. The Morgan fingerprint density at radius 3 is 2.77 bits per heavy atom. The molecule has 1 heterocycles. The molecule has 0 aliphatic heterocycles. The molecule has 0 spiro atoms. The summed E-state index contributed by atoms with van der Waals surface area (Å²) in [7, 11) is 3.64. The first-order valence-electron chi connectivity index (χ1n) is 4.34. The van der Waals surface area contributed by atoms with Crippen LogP contribution in [0.5, 0.6) is 0 Å². The van der Waals surface area contributed by atoms with E-state index in [0.29, 0.717) is 6.04 Å². The molecule has 0 saturated carbocycles. The summed E-state index contributed by atoms with van der Waals surface area (Å²) in [4.78, 5) is 4.48. The molecule has 0 aliphatic rings. The largest absolute Gasteiger partial charge is 0.375 e. The number of ether oxygens (including phenoxy) is 1. The third-order valence-electron chi connectivity index (χ3n) is 2.12. The third-order valence-corrected chi connectivity index (χ3v) is 3.14. The number of rotatable bonds is 4. The number of hydrogen-bond donors (Lipinski definition) is 1. The van der Waals surface area contributed by atoms with E-state index < -0.39 is 0 Å². The van der Waals surface area contributed by atoms with Crippen molar-refractivity contribution in [2.75, 3.05) is 14.2 Å². The Labute approximate surface area is 83.1 Å². The predicted octanol–water partition coefficient (Wildman–Crippen LogP) is 2.13.